The van der Waals surface area contributed by atoms with Gasteiger partial charge in [0.2, 0.25) is 0 Å². The quantitative estimate of drug-likeness (QED) is 0.573. The van der Waals surface area contributed by atoms with E-state index in [0.29, 0.717) is 28.9 Å². The zero-order valence-electron chi connectivity index (χ0n) is 15.8. The summed E-state index contributed by atoms with van der Waals surface area (Å²) in [6.45, 7) is -0.0264. The molecule has 160 valence electrons. The molecule has 0 amide bonds. The largest absolute Gasteiger partial charge is 0.573 e. The van der Waals surface area contributed by atoms with E-state index in [1.54, 1.807) is 12.3 Å². The minimum Gasteiger partial charge on any atom is -0.405 e. The molecule has 1 aliphatic carbocycles. The van der Waals surface area contributed by atoms with Crippen molar-refractivity contribution in [1.82, 2.24) is 10.6 Å². The molecule has 0 radical (unpaired) electrons. The van der Waals surface area contributed by atoms with Crippen molar-refractivity contribution in [3.63, 3.8) is 0 Å². The highest BCUT2D eigenvalue weighted by molar-refractivity contribution is 6.31. The Morgan fingerprint density at radius 3 is 2.59 bits per heavy atom. The number of nitrogens with zero attached hydrogens (tertiary/aromatic N) is 1. The van der Waals surface area contributed by atoms with Gasteiger partial charge in [0.25, 0.3) is 0 Å². The van der Waals surface area contributed by atoms with E-state index in [2.05, 4.69) is 20.4 Å². The molecule has 0 saturated heterocycles. The molecular weight excluding hydrogens is 407 g/mol. The maximum Gasteiger partial charge on any atom is 0.573 e. The summed E-state index contributed by atoms with van der Waals surface area (Å²) in [6, 6.07) is 6.11. The first-order chi connectivity index (χ1) is 13.6. The molecule has 6 nitrogen and oxygen atoms in total. The fraction of sp³-hybridized carbons (Fsp3) is 0.526. The number of aliphatic imine (C=N–C) groups is 1. The van der Waals surface area contributed by atoms with Gasteiger partial charge < -0.3 is 26.8 Å². The van der Waals surface area contributed by atoms with Gasteiger partial charge in [-0.15, -0.1) is 13.2 Å². The van der Waals surface area contributed by atoms with E-state index in [1.807, 2.05) is 0 Å². The molecule has 1 atom stereocenters. The maximum absolute atomic E-state index is 12.6. The molecule has 1 unspecified atom stereocenters. The van der Waals surface area contributed by atoms with Gasteiger partial charge in [0.1, 0.15) is 11.4 Å². The molecule has 1 fully saturated rings. The fourth-order valence-electron chi connectivity index (χ4n) is 3.67. The second kappa shape index (κ2) is 8.81. The van der Waals surface area contributed by atoms with Crippen molar-refractivity contribution < 1.29 is 17.9 Å². The lowest BCUT2D eigenvalue weighted by molar-refractivity contribution is -0.274. The minimum absolute atomic E-state index is 0.0264. The van der Waals surface area contributed by atoms with Crippen LogP contribution in [0.4, 0.5) is 13.2 Å². The summed E-state index contributed by atoms with van der Waals surface area (Å²) in [4.78, 5) is 4.32. The highest BCUT2D eigenvalue weighted by Crippen LogP contribution is 2.33. The molecule has 2 aliphatic rings. The van der Waals surface area contributed by atoms with E-state index in [9.17, 15) is 13.2 Å². The Hall–Kier alpha value is -1.97. The molecule has 1 aliphatic heterocycles. The summed E-state index contributed by atoms with van der Waals surface area (Å²) in [5.41, 5.74) is 11.8. The van der Waals surface area contributed by atoms with Crippen LogP contribution in [0.25, 0.3) is 0 Å². The van der Waals surface area contributed by atoms with Gasteiger partial charge in [-0.1, -0.05) is 29.8 Å². The number of ether oxygens (including phenoxy) is 1. The van der Waals surface area contributed by atoms with E-state index in [4.69, 9.17) is 23.1 Å². The van der Waals surface area contributed by atoms with Crippen LogP contribution in [0.3, 0.4) is 0 Å². The number of hydrogen-bond donors (Lipinski definition) is 4. The molecule has 1 aromatic carbocycles. The first-order valence-electron chi connectivity index (χ1n) is 9.48. The van der Waals surface area contributed by atoms with E-state index in [-0.39, 0.29) is 18.3 Å². The Kier molecular flexibility index (Phi) is 6.60. The van der Waals surface area contributed by atoms with Crippen molar-refractivity contribution in [3.05, 3.63) is 41.1 Å². The van der Waals surface area contributed by atoms with Crippen molar-refractivity contribution >= 4 is 17.6 Å². The van der Waals surface area contributed by atoms with Gasteiger partial charge in [-0.25, -0.2) is 4.99 Å². The SMILES string of the molecule is NC1CCC(CC2(N)NC(=NCc3ccccc3OC(F)(F)F)NC=C2Cl)CC1. The van der Waals surface area contributed by atoms with Crippen molar-refractivity contribution in [2.24, 2.45) is 22.4 Å². The van der Waals surface area contributed by atoms with Crippen molar-refractivity contribution in [1.29, 1.82) is 0 Å². The highest BCUT2D eigenvalue weighted by Gasteiger charge is 2.36. The van der Waals surface area contributed by atoms with Crippen molar-refractivity contribution in [3.8, 4) is 5.75 Å². The monoisotopic (exact) mass is 431 g/mol. The third-order valence-electron chi connectivity index (χ3n) is 5.21. The number of benzene rings is 1. The van der Waals surface area contributed by atoms with Gasteiger partial charge in [-0.05, 0) is 44.1 Å². The van der Waals surface area contributed by atoms with E-state index in [1.165, 1.54) is 18.2 Å². The van der Waals surface area contributed by atoms with Gasteiger partial charge in [0.15, 0.2) is 5.96 Å². The van der Waals surface area contributed by atoms with E-state index >= 15 is 0 Å². The Morgan fingerprint density at radius 2 is 1.90 bits per heavy atom. The van der Waals surface area contributed by atoms with E-state index < -0.39 is 12.0 Å². The van der Waals surface area contributed by atoms with Crippen LogP contribution in [-0.4, -0.2) is 24.0 Å². The summed E-state index contributed by atoms with van der Waals surface area (Å²) in [5.74, 6) is 0.437. The lowest BCUT2D eigenvalue weighted by Gasteiger charge is -2.39. The number of para-hydroxylation sites is 1. The molecule has 6 N–H and O–H groups in total. The van der Waals surface area contributed by atoms with Crippen LogP contribution in [-0.2, 0) is 6.54 Å². The first-order valence-corrected chi connectivity index (χ1v) is 9.86. The number of hydrogen-bond acceptors (Lipinski definition) is 4. The number of guanidine groups is 1. The molecule has 0 spiro atoms. The molecule has 0 aromatic heterocycles. The van der Waals surface area contributed by atoms with Crippen LogP contribution in [0.5, 0.6) is 5.75 Å². The Bertz CT molecular complexity index is 777. The lowest BCUT2D eigenvalue weighted by atomic mass is 9.81. The molecule has 29 heavy (non-hydrogen) atoms. The molecule has 0 bridgehead atoms. The summed E-state index contributed by atoms with van der Waals surface area (Å²) in [7, 11) is 0. The number of nitrogens with one attached hydrogen (secondary N) is 2. The van der Waals surface area contributed by atoms with Gasteiger partial charge in [0, 0.05) is 17.8 Å². The average molecular weight is 432 g/mol. The molecule has 1 aromatic rings. The smallest absolute Gasteiger partial charge is 0.405 e. The third-order valence-corrected chi connectivity index (χ3v) is 5.66. The standard InChI is InChI=1S/C19H25ClF3N5O/c20-16-11-27-17(28-18(16,25)9-12-5-7-14(24)8-6-12)26-10-13-3-1-2-4-15(13)29-19(21,22)23/h1-4,11-12,14H,5-10,24-25H2,(H2,26,27,28). The van der Waals surface area contributed by atoms with Gasteiger partial charge >= 0.3 is 6.36 Å². The van der Waals surface area contributed by atoms with Gasteiger partial charge in [-0.2, -0.15) is 0 Å². The van der Waals surface area contributed by atoms with Crippen LogP contribution in [0, 0.1) is 5.92 Å². The highest BCUT2D eigenvalue weighted by atomic mass is 35.5. The predicted octanol–water partition coefficient (Wildman–Crippen LogP) is 3.28. The summed E-state index contributed by atoms with van der Waals surface area (Å²) >= 11 is 6.34. The lowest BCUT2D eigenvalue weighted by Crippen LogP contribution is -2.62. The topological polar surface area (TPSA) is 97.7 Å². The zero-order valence-corrected chi connectivity index (χ0v) is 16.6. The molecule has 3 rings (SSSR count). The molecule has 10 heteroatoms. The average Bonchev–Trinajstić information content (AvgIpc) is 2.64. The number of nitrogens with two attached hydrogens (primary N) is 2. The fourth-order valence-corrected chi connectivity index (χ4v) is 3.85. The third kappa shape index (κ3) is 6.01. The minimum atomic E-state index is -4.77. The van der Waals surface area contributed by atoms with Crippen LogP contribution in [0.2, 0.25) is 0 Å². The Labute approximate surface area is 172 Å². The van der Waals surface area contributed by atoms with Crippen LogP contribution >= 0.6 is 11.6 Å². The van der Waals surface area contributed by atoms with E-state index in [0.717, 1.165) is 25.7 Å². The number of halogens is 4. The predicted molar refractivity (Wildman–Crippen MR) is 106 cm³/mol. The second-order valence-corrected chi connectivity index (χ2v) is 7.95. The Morgan fingerprint density at radius 1 is 1.21 bits per heavy atom. The van der Waals surface area contributed by atoms with Crippen LogP contribution < -0.4 is 26.8 Å². The molecule has 1 heterocycles. The second-order valence-electron chi connectivity index (χ2n) is 7.54. The van der Waals surface area contributed by atoms with Crippen molar-refractivity contribution in [2.45, 2.75) is 56.7 Å². The maximum atomic E-state index is 12.6. The summed E-state index contributed by atoms with van der Waals surface area (Å²) in [6.07, 6.45) is 1.28. The van der Waals surface area contributed by atoms with Crippen LogP contribution in [0.15, 0.2) is 40.5 Å². The van der Waals surface area contributed by atoms with Crippen LogP contribution in [0.1, 0.15) is 37.7 Å². The van der Waals surface area contributed by atoms with Gasteiger partial charge in [-0.3, -0.25) is 0 Å². The zero-order chi connectivity index (χ0) is 21.1. The molecule has 1 saturated carbocycles. The first kappa shape index (κ1) is 21.7. The number of rotatable bonds is 5. The summed E-state index contributed by atoms with van der Waals surface area (Å²) < 4.78 is 41.8. The molecular formula is C19H25ClF3N5O. The normalized spacial score (nSPS) is 29.0. The Balaban J connectivity index is 1.68. The summed E-state index contributed by atoms with van der Waals surface area (Å²) in [5, 5.41) is 6.41. The van der Waals surface area contributed by atoms with Crippen molar-refractivity contribution in [2.75, 3.05) is 0 Å². The number of alkyl halides is 3. The van der Waals surface area contributed by atoms with Gasteiger partial charge in [0.05, 0.1) is 11.6 Å².